The van der Waals surface area contributed by atoms with Crippen LogP contribution in [-0.4, -0.2) is 68.9 Å². The van der Waals surface area contributed by atoms with Gasteiger partial charge in [0, 0.05) is 36.8 Å². The SMILES string of the molecule is O=C1[C@@H]2C[C@@H](O)CN2C2(CN(Cc3ccccc3Cl)C2)C(=O)N1Cc1ccccc1F. The maximum atomic E-state index is 14.2. The van der Waals surface area contributed by atoms with Gasteiger partial charge in [-0.25, -0.2) is 4.39 Å². The van der Waals surface area contributed by atoms with E-state index in [-0.39, 0.29) is 31.3 Å². The molecule has 5 rings (SSSR count). The van der Waals surface area contributed by atoms with Gasteiger partial charge in [-0.1, -0.05) is 48.0 Å². The van der Waals surface area contributed by atoms with Gasteiger partial charge in [0.15, 0.2) is 0 Å². The minimum absolute atomic E-state index is 0.100. The molecule has 2 aromatic rings. The van der Waals surface area contributed by atoms with E-state index >= 15 is 0 Å². The van der Waals surface area contributed by atoms with Gasteiger partial charge in [-0.3, -0.25) is 24.3 Å². The first kappa shape index (κ1) is 20.6. The second-order valence-corrected chi connectivity index (χ2v) is 9.05. The van der Waals surface area contributed by atoms with Crippen LogP contribution in [0, 0.1) is 5.82 Å². The molecule has 0 bridgehead atoms. The molecule has 3 heterocycles. The summed E-state index contributed by atoms with van der Waals surface area (Å²) < 4.78 is 14.2. The highest BCUT2D eigenvalue weighted by molar-refractivity contribution is 6.31. The molecule has 162 valence electrons. The molecule has 3 aliphatic heterocycles. The van der Waals surface area contributed by atoms with E-state index in [1.165, 1.54) is 11.0 Å². The molecule has 3 fully saturated rings. The van der Waals surface area contributed by atoms with Gasteiger partial charge in [-0.15, -0.1) is 0 Å². The largest absolute Gasteiger partial charge is 0.392 e. The number of nitrogens with zero attached hydrogens (tertiary/aromatic N) is 3. The Bertz CT molecular complexity index is 1040. The molecular formula is C23H23ClFN3O3. The van der Waals surface area contributed by atoms with Crippen molar-refractivity contribution in [1.82, 2.24) is 14.7 Å². The smallest absolute Gasteiger partial charge is 0.252 e. The Hall–Kier alpha value is -2.32. The highest BCUT2D eigenvalue weighted by Gasteiger charge is 2.64. The molecule has 0 unspecified atom stereocenters. The van der Waals surface area contributed by atoms with Gasteiger partial charge < -0.3 is 5.11 Å². The number of halogens is 2. The molecule has 2 amide bonds. The maximum absolute atomic E-state index is 14.2. The topological polar surface area (TPSA) is 64.1 Å². The van der Waals surface area contributed by atoms with Crippen LogP contribution in [0.3, 0.4) is 0 Å². The molecule has 2 atom stereocenters. The summed E-state index contributed by atoms with van der Waals surface area (Å²) in [4.78, 5) is 31.9. The van der Waals surface area contributed by atoms with Crippen molar-refractivity contribution in [2.24, 2.45) is 0 Å². The molecule has 2 aromatic carbocycles. The van der Waals surface area contributed by atoms with Gasteiger partial charge in [0.25, 0.3) is 5.91 Å². The molecule has 1 N–H and O–H groups in total. The molecule has 3 saturated heterocycles. The quantitative estimate of drug-likeness (QED) is 0.733. The van der Waals surface area contributed by atoms with Crippen LogP contribution in [0.4, 0.5) is 4.39 Å². The summed E-state index contributed by atoms with van der Waals surface area (Å²) in [5.74, 6) is -1.12. The Labute approximate surface area is 184 Å². The van der Waals surface area contributed by atoms with Crippen molar-refractivity contribution in [2.75, 3.05) is 19.6 Å². The Kier molecular flexibility index (Phi) is 5.09. The highest BCUT2D eigenvalue weighted by Crippen LogP contribution is 2.41. The summed E-state index contributed by atoms with van der Waals surface area (Å²) in [6, 6.07) is 13.2. The number of carbonyl (C=O) groups is 2. The molecule has 1 spiro atoms. The van der Waals surface area contributed by atoms with Crippen LogP contribution in [0.1, 0.15) is 17.5 Å². The van der Waals surface area contributed by atoms with Crippen molar-refractivity contribution >= 4 is 23.4 Å². The third kappa shape index (κ3) is 3.36. The van der Waals surface area contributed by atoms with Gasteiger partial charge in [0.05, 0.1) is 18.7 Å². The van der Waals surface area contributed by atoms with Crippen molar-refractivity contribution in [3.05, 3.63) is 70.5 Å². The average molecular weight is 444 g/mol. The Balaban J connectivity index is 1.41. The first-order valence-corrected chi connectivity index (χ1v) is 10.8. The minimum atomic E-state index is -0.886. The summed E-state index contributed by atoms with van der Waals surface area (Å²) in [6.07, 6.45) is -0.378. The van der Waals surface area contributed by atoms with Crippen LogP contribution in [-0.2, 0) is 22.7 Å². The number of hydrogen-bond acceptors (Lipinski definition) is 5. The zero-order valence-corrected chi connectivity index (χ0v) is 17.6. The van der Waals surface area contributed by atoms with Crippen molar-refractivity contribution in [1.29, 1.82) is 0 Å². The lowest BCUT2D eigenvalue weighted by atomic mass is 9.82. The number of amides is 2. The number of imide groups is 1. The first-order chi connectivity index (χ1) is 14.9. The van der Waals surface area contributed by atoms with E-state index in [4.69, 9.17) is 11.6 Å². The van der Waals surface area contributed by atoms with Gasteiger partial charge in [-0.2, -0.15) is 0 Å². The van der Waals surface area contributed by atoms with E-state index in [0.717, 1.165) is 5.56 Å². The van der Waals surface area contributed by atoms with Crippen LogP contribution < -0.4 is 0 Å². The molecule has 31 heavy (non-hydrogen) atoms. The number of carbonyl (C=O) groups excluding carboxylic acids is 2. The predicted molar refractivity (Wildman–Crippen MR) is 113 cm³/mol. The lowest BCUT2D eigenvalue weighted by molar-refractivity contribution is -0.181. The fraction of sp³-hybridized carbons (Fsp3) is 0.391. The molecule has 0 aliphatic carbocycles. The average Bonchev–Trinajstić information content (AvgIpc) is 3.11. The predicted octanol–water partition coefficient (Wildman–Crippen LogP) is 2.04. The number of aliphatic hydroxyl groups is 1. The van der Waals surface area contributed by atoms with Crippen molar-refractivity contribution in [2.45, 2.75) is 37.2 Å². The standard InChI is InChI=1S/C23H23ClFN3O3/c24-18-7-3-1-5-15(18)10-26-13-23(14-26)22(31)27(11-16-6-2-4-8-19(16)25)21(30)20-9-17(29)12-28(20)23/h1-8,17,20,29H,9-14H2/t17-,20+/m1/s1. The summed E-state index contributed by atoms with van der Waals surface area (Å²) in [5, 5.41) is 10.9. The zero-order chi connectivity index (χ0) is 21.8. The Morgan fingerprint density at radius 1 is 1.03 bits per heavy atom. The van der Waals surface area contributed by atoms with Gasteiger partial charge >= 0.3 is 0 Å². The van der Waals surface area contributed by atoms with E-state index in [9.17, 15) is 19.1 Å². The molecule has 6 nitrogen and oxygen atoms in total. The van der Waals surface area contributed by atoms with E-state index in [1.54, 1.807) is 18.2 Å². The normalized spacial score (nSPS) is 25.7. The highest BCUT2D eigenvalue weighted by atomic mass is 35.5. The second-order valence-electron chi connectivity index (χ2n) is 8.65. The van der Waals surface area contributed by atoms with E-state index in [1.807, 2.05) is 29.2 Å². The Morgan fingerprint density at radius 2 is 1.71 bits per heavy atom. The number of benzene rings is 2. The van der Waals surface area contributed by atoms with E-state index in [0.29, 0.717) is 30.2 Å². The summed E-state index contributed by atoms with van der Waals surface area (Å²) in [6.45, 7) is 1.65. The van der Waals surface area contributed by atoms with Gasteiger partial charge in [-0.05, 0) is 24.1 Å². The number of rotatable bonds is 4. The minimum Gasteiger partial charge on any atom is -0.392 e. The van der Waals surface area contributed by atoms with Crippen molar-refractivity contribution in [3.63, 3.8) is 0 Å². The van der Waals surface area contributed by atoms with E-state index in [2.05, 4.69) is 4.90 Å². The monoisotopic (exact) mass is 443 g/mol. The molecular weight excluding hydrogens is 421 g/mol. The lowest BCUT2D eigenvalue weighted by Gasteiger charge is -2.58. The van der Waals surface area contributed by atoms with Gasteiger partial charge in [0.1, 0.15) is 11.4 Å². The molecule has 0 saturated carbocycles. The van der Waals surface area contributed by atoms with Crippen LogP contribution in [0.25, 0.3) is 0 Å². The number of β-amino-alcohol motifs (C(OH)–C–C–N with tert-alkyl or cyclic N) is 1. The summed E-state index contributed by atoms with van der Waals surface area (Å²) >= 11 is 6.29. The zero-order valence-electron chi connectivity index (χ0n) is 16.9. The molecule has 3 aliphatic rings. The first-order valence-electron chi connectivity index (χ1n) is 10.4. The fourth-order valence-electron chi connectivity index (χ4n) is 5.11. The van der Waals surface area contributed by atoms with E-state index < -0.39 is 23.5 Å². The van der Waals surface area contributed by atoms with Crippen LogP contribution in [0.2, 0.25) is 5.02 Å². The van der Waals surface area contributed by atoms with Crippen molar-refractivity contribution in [3.8, 4) is 0 Å². The van der Waals surface area contributed by atoms with Crippen LogP contribution in [0.15, 0.2) is 48.5 Å². The van der Waals surface area contributed by atoms with Crippen molar-refractivity contribution < 1.29 is 19.1 Å². The number of likely N-dealkylation sites (tertiary alicyclic amines) is 1. The molecule has 0 aromatic heterocycles. The maximum Gasteiger partial charge on any atom is 0.252 e. The third-order valence-electron chi connectivity index (χ3n) is 6.63. The molecule has 8 heteroatoms. The number of fused-ring (bicyclic) bond motifs is 2. The molecule has 0 radical (unpaired) electrons. The van der Waals surface area contributed by atoms with Gasteiger partial charge in [0.2, 0.25) is 5.91 Å². The summed E-state index contributed by atoms with van der Waals surface area (Å²) in [5.41, 5.74) is 0.390. The Morgan fingerprint density at radius 3 is 2.42 bits per heavy atom. The van der Waals surface area contributed by atoms with Crippen LogP contribution in [0.5, 0.6) is 0 Å². The number of hydrogen-bond donors (Lipinski definition) is 1. The number of aliphatic hydroxyl groups excluding tert-OH is 1. The third-order valence-corrected chi connectivity index (χ3v) is 7.00. The fourth-order valence-corrected chi connectivity index (χ4v) is 5.31. The van der Waals surface area contributed by atoms with Crippen LogP contribution >= 0.6 is 11.6 Å². The second kappa shape index (κ2) is 7.67. The summed E-state index contributed by atoms with van der Waals surface area (Å²) in [7, 11) is 0. The number of piperazine rings is 1. The lowest BCUT2D eigenvalue weighted by Crippen LogP contribution is -2.81.